The maximum atomic E-state index is 2.78. The molecular weight excluding hydrogens is 897 g/mol. The molecule has 0 spiro atoms. The molecule has 4 fully saturated rings. The van der Waals surface area contributed by atoms with Crippen LogP contribution in [0, 0.1) is 118 Å². The summed E-state index contributed by atoms with van der Waals surface area (Å²) in [6.45, 7) is 44.0. The van der Waals surface area contributed by atoms with E-state index in [-0.39, 0.29) is 27.7 Å². The van der Waals surface area contributed by atoms with Crippen LogP contribution in [0.3, 0.4) is 0 Å². The summed E-state index contributed by atoms with van der Waals surface area (Å²) in [5.74, 6) is 29.4. The summed E-state index contributed by atoms with van der Waals surface area (Å²) in [6.07, 6.45) is 0. The SMILES string of the molecule is C[C]1[C](C)[C](C)[C](C)[C]1C.C[C]1[C](C)[C](C)[C](C)[C]1C.C[C]1[C](C)[C](C)[C](C)[C]1C.C[C]1[C](C)[C](C)[C](C)[C]1C.[Hg].[Si+2]Br.[Si+2]Br. The third-order valence-corrected chi connectivity index (χ3v) is 11.2. The van der Waals surface area contributed by atoms with E-state index >= 15 is 0 Å². The predicted molar refractivity (Wildman–Crippen MR) is 208 cm³/mol. The van der Waals surface area contributed by atoms with Crippen molar-refractivity contribution in [3.05, 3.63) is 118 Å². The van der Waals surface area contributed by atoms with Crippen LogP contribution in [0.15, 0.2) is 0 Å². The summed E-state index contributed by atoms with van der Waals surface area (Å²) in [6, 6.07) is 0. The van der Waals surface area contributed by atoms with Gasteiger partial charge in [-0.2, -0.15) is 0 Å². The Morgan fingerprint density at radius 3 is 0.222 bits per heavy atom. The molecule has 0 unspecified atom stereocenters. The fourth-order valence-electron chi connectivity index (χ4n) is 5.62. The van der Waals surface area contributed by atoms with E-state index in [2.05, 4.69) is 187 Å². The van der Waals surface area contributed by atoms with Gasteiger partial charge in [0.05, 0.1) is 0 Å². The standard InChI is InChI=1S/4C10H15.2BrSi.Hg/c4*1-6-7(2)9(4)10(5)8(6)3;2*1-2;/h4*1-5H3;;;/q;;;;2*+2;. The molecule has 4 aliphatic rings. The Labute approximate surface area is 330 Å². The Bertz CT molecular complexity index is 440. The summed E-state index contributed by atoms with van der Waals surface area (Å²) in [5.41, 5.74) is 0. The second-order valence-electron chi connectivity index (χ2n) is 12.5. The summed E-state index contributed by atoms with van der Waals surface area (Å²) < 4.78 is 0. The fraction of sp³-hybridized carbons (Fsp3) is 0.500. The summed E-state index contributed by atoms with van der Waals surface area (Å²) in [5, 5.41) is 0. The van der Waals surface area contributed by atoms with E-state index in [0.717, 1.165) is 0 Å². The van der Waals surface area contributed by atoms with E-state index in [1.165, 1.54) is 118 Å². The monoisotopic (exact) mass is 956 g/mol. The van der Waals surface area contributed by atoms with Gasteiger partial charge in [0.25, 0.3) is 0 Å². The Balaban J connectivity index is -0.000000500. The molecule has 0 aromatic carbocycles. The fourth-order valence-corrected chi connectivity index (χ4v) is 5.62. The zero-order valence-corrected chi connectivity index (χ0v) is 43.1. The Morgan fingerprint density at radius 1 is 0.178 bits per heavy atom. The first-order chi connectivity index (χ1) is 20.2. The zero-order chi connectivity index (χ0) is 35.5. The maximum Gasteiger partial charge on any atom is 1.50 e. The van der Waals surface area contributed by atoms with Gasteiger partial charge in [0, 0.05) is 27.7 Å². The minimum Gasteiger partial charge on any atom is -0.0579 e. The minimum atomic E-state index is 0. The molecule has 0 saturated heterocycles. The molecule has 45 heavy (non-hydrogen) atoms. The molecular formula is C40H60Br2HgSi2+4. The minimum absolute atomic E-state index is 0. The van der Waals surface area contributed by atoms with Crippen LogP contribution in [0.25, 0.3) is 0 Å². The van der Waals surface area contributed by atoms with Crippen LogP contribution in [-0.4, -0.2) is 17.7 Å². The maximum absolute atomic E-state index is 2.78. The summed E-state index contributed by atoms with van der Waals surface area (Å²) >= 11 is 5.49. The molecule has 240 valence electrons. The van der Waals surface area contributed by atoms with Crippen LogP contribution in [0.2, 0.25) is 0 Å². The van der Waals surface area contributed by atoms with E-state index in [0.29, 0.717) is 0 Å². The molecule has 0 nitrogen and oxygen atoms in total. The largest absolute Gasteiger partial charge is 1.50 e. The van der Waals surface area contributed by atoms with Crippen molar-refractivity contribution in [2.24, 2.45) is 0 Å². The van der Waals surface area contributed by atoms with Crippen molar-refractivity contribution < 1.29 is 27.7 Å². The normalized spacial score (nSPS) is 25.5. The smallest absolute Gasteiger partial charge is 0.0579 e. The molecule has 0 bridgehead atoms. The van der Waals surface area contributed by atoms with Crippen LogP contribution in [0.4, 0.5) is 0 Å². The van der Waals surface area contributed by atoms with Gasteiger partial charge < -0.3 is 0 Å². The van der Waals surface area contributed by atoms with Crippen molar-refractivity contribution in [1.29, 1.82) is 0 Å². The first kappa shape index (κ1) is 51.7. The van der Waals surface area contributed by atoms with E-state index in [4.69, 9.17) is 0 Å². The molecule has 0 atom stereocenters. The van der Waals surface area contributed by atoms with Crippen LogP contribution in [-0.2, 0) is 27.7 Å². The molecule has 0 aliphatic heterocycles. The van der Waals surface area contributed by atoms with Crippen molar-refractivity contribution in [2.75, 3.05) is 0 Å². The molecule has 5 heteroatoms. The molecule has 0 aromatic rings. The zero-order valence-electron chi connectivity index (χ0n) is 32.5. The van der Waals surface area contributed by atoms with Crippen LogP contribution < -0.4 is 0 Å². The van der Waals surface area contributed by atoms with Crippen molar-refractivity contribution >= 4 is 48.3 Å². The van der Waals surface area contributed by atoms with Gasteiger partial charge in [0.15, 0.2) is 0 Å². The van der Waals surface area contributed by atoms with Gasteiger partial charge in [-0.1, -0.05) is 138 Å². The molecule has 0 aromatic heterocycles. The van der Waals surface area contributed by atoms with Gasteiger partial charge >= 0.3 is 48.3 Å². The Hall–Kier alpha value is 2.33. The van der Waals surface area contributed by atoms with E-state index in [1.807, 2.05) is 0 Å². The molecule has 4 saturated carbocycles. The Kier molecular flexibility index (Phi) is 28.1. The average molecular weight is 957 g/mol. The predicted octanol–water partition coefficient (Wildman–Crippen LogP) is 12.8. The van der Waals surface area contributed by atoms with Crippen molar-refractivity contribution in [3.63, 3.8) is 0 Å². The van der Waals surface area contributed by atoms with Crippen molar-refractivity contribution in [2.45, 2.75) is 138 Å². The van der Waals surface area contributed by atoms with E-state index in [9.17, 15) is 0 Å². The first-order valence-corrected chi connectivity index (χ1v) is 20.9. The number of hydrogen-bond donors (Lipinski definition) is 0. The molecule has 4 rings (SSSR count). The third kappa shape index (κ3) is 13.4. The molecule has 0 heterocycles. The van der Waals surface area contributed by atoms with Crippen LogP contribution in [0.1, 0.15) is 138 Å². The second-order valence-corrected chi connectivity index (χ2v) is 12.5. The summed E-state index contributed by atoms with van der Waals surface area (Å²) in [7, 11) is 5.57. The molecule has 0 N–H and O–H groups in total. The van der Waals surface area contributed by atoms with Crippen LogP contribution in [0.5, 0.6) is 0 Å². The molecule has 0 amide bonds. The second kappa shape index (κ2) is 24.5. The number of halogens is 2. The topological polar surface area (TPSA) is 0 Å². The van der Waals surface area contributed by atoms with Gasteiger partial charge in [-0.15, -0.1) is 0 Å². The molecule has 22 radical (unpaired) electrons. The van der Waals surface area contributed by atoms with Gasteiger partial charge in [-0.05, 0) is 118 Å². The first-order valence-electron chi connectivity index (χ1n) is 15.4. The number of hydrogen-bond acceptors (Lipinski definition) is 0. The summed E-state index contributed by atoms with van der Waals surface area (Å²) in [4.78, 5) is 0. The third-order valence-electron chi connectivity index (χ3n) is 11.2. The van der Waals surface area contributed by atoms with Gasteiger partial charge in [-0.25, -0.2) is 0 Å². The van der Waals surface area contributed by atoms with Gasteiger partial charge in [0.1, 0.15) is 0 Å². The Morgan fingerprint density at radius 2 is 0.200 bits per heavy atom. The average Bonchev–Trinajstić information content (AvgIpc) is 3.47. The van der Waals surface area contributed by atoms with E-state index < -0.39 is 0 Å². The van der Waals surface area contributed by atoms with Crippen molar-refractivity contribution in [1.82, 2.24) is 0 Å². The van der Waals surface area contributed by atoms with Gasteiger partial charge in [-0.3, -0.25) is 0 Å². The van der Waals surface area contributed by atoms with Crippen molar-refractivity contribution in [3.8, 4) is 0 Å². The number of rotatable bonds is 0. The van der Waals surface area contributed by atoms with Gasteiger partial charge in [0.2, 0.25) is 0 Å². The molecule has 4 aliphatic carbocycles. The van der Waals surface area contributed by atoms with Crippen LogP contribution >= 0.6 is 30.6 Å². The van der Waals surface area contributed by atoms with E-state index in [1.54, 1.807) is 0 Å². The quantitative estimate of drug-likeness (QED) is 0.168.